The van der Waals surface area contributed by atoms with E-state index in [4.69, 9.17) is 23.2 Å². The molecule has 3 nitrogen and oxygen atoms in total. The van der Waals surface area contributed by atoms with Crippen molar-refractivity contribution in [2.45, 2.75) is 0 Å². The van der Waals surface area contributed by atoms with Gasteiger partial charge >= 0.3 is 0 Å². The quantitative estimate of drug-likeness (QED) is 0.416. The van der Waals surface area contributed by atoms with E-state index in [0.717, 1.165) is 4.90 Å². The van der Waals surface area contributed by atoms with Gasteiger partial charge in [-0.3, -0.25) is 4.79 Å². The zero-order chi connectivity index (χ0) is 19.0. The van der Waals surface area contributed by atoms with Gasteiger partial charge in [0, 0.05) is 36.8 Å². The van der Waals surface area contributed by atoms with Gasteiger partial charge < -0.3 is 9.80 Å². The molecule has 1 heterocycles. The molecule has 0 bridgehead atoms. The highest BCUT2D eigenvalue weighted by atomic mass is 35.5. The summed E-state index contributed by atoms with van der Waals surface area (Å²) in [5.74, 6) is -6.64. The summed E-state index contributed by atoms with van der Waals surface area (Å²) in [5, 5.41) is -0.732. The number of benzene rings is 2. The monoisotopic (exact) mass is 406 g/mol. The van der Waals surface area contributed by atoms with Crippen LogP contribution in [0.15, 0.2) is 24.3 Å². The van der Waals surface area contributed by atoms with Crippen molar-refractivity contribution in [2.75, 3.05) is 31.1 Å². The van der Waals surface area contributed by atoms with E-state index in [-0.39, 0.29) is 32.1 Å². The van der Waals surface area contributed by atoms with Gasteiger partial charge in [-0.1, -0.05) is 23.2 Å². The Kier molecular flexibility index (Phi) is 5.29. The van der Waals surface area contributed by atoms with Gasteiger partial charge in [0.25, 0.3) is 5.91 Å². The summed E-state index contributed by atoms with van der Waals surface area (Å²) in [6.45, 7) is 0.278. The first-order valence-corrected chi connectivity index (χ1v) is 8.38. The summed E-state index contributed by atoms with van der Waals surface area (Å²) in [5.41, 5.74) is -0.396. The molecule has 0 aromatic heterocycles. The first kappa shape index (κ1) is 18.8. The lowest BCUT2D eigenvalue weighted by Crippen LogP contribution is -2.49. The molecule has 26 heavy (non-hydrogen) atoms. The van der Waals surface area contributed by atoms with Crippen molar-refractivity contribution in [1.29, 1.82) is 0 Å². The van der Waals surface area contributed by atoms with Crippen LogP contribution in [0.25, 0.3) is 0 Å². The second-order valence-corrected chi connectivity index (χ2v) is 6.52. The third-order valence-corrected chi connectivity index (χ3v) is 4.74. The van der Waals surface area contributed by atoms with Gasteiger partial charge in [-0.25, -0.2) is 17.6 Å². The van der Waals surface area contributed by atoms with Crippen LogP contribution in [0.2, 0.25) is 10.0 Å². The predicted molar refractivity (Wildman–Crippen MR) is 90.9 cm³/mol. The fourth-order valence-electron chi connectivity index (χ4n) is 2.78. The van der Waals surface area contributed by atoms with E-state index >= 15 is 0 Å². The average Bonchev–Trinajstić information content (AvgIpc) is 2.65. The van der Waals surface area contributed by atoms with Crippen molar-refractivity contribution >= 4 is 34.8 Å². The molecule has 0 unspecified atom stereocenters. The molecule has 9 heteroatoms. The summed E-state index contributed by atoms with van der Waals surface area (Å²) < 4.78 is 55.4. The number of hydrogen-bond donors (Lipinski definition) is 0. The van der Waals surface area contributed by atoms with Gasteiger partial charge in [0.1, 0.15) is 10.7 Å². The Morgan fingerprint density at radius 2 is 1.31 bits per heavy atom. The van der Waals surface area contributed by atoms with E-state index in [2.05, 4.69) is 0 Å². The number of anilines is 1. The van der Waals surface area contributed by atoms with E-state index in [1.807, 2.05) is 0 Å². The van der Waals surface area contributed by atoms with Crippen molar-refractivity contribution in [3.8, 4) is 0 Å². The van der Waals surface area contributed by atoms with Gasteiger partial charge in [0.15, 0.2) is 23.3 Å². The molecule has 1 fully saturated rings. The minimum atomic E-state index is -1.64. The molecule has 2 aromatic carbocycles. The first-order valence-electron chi connectivity index (χ1n) is 7.62. The Balaban J connectivity index is 1.77. The highest BCUT2D eigenvalue weighted by molar-refractivity contribution is 6.31. The van der Waals surface area contributed by atoms with Crippen LogP contribution in [-0.4, -0.2) is 37.0 Å². The standard InChI is InChI=1S/C17H12Cl2F4N2O/c18-10-3-1-9(2-4-10)17(26)25-7-5-24(6-8-25)16-14(22)12(20)11(19)13(21)15(16)23/h1-4H,5-8H2. The maximum atomic E-state index is 14.0. The maximum absolute atomic E-state index is 14.0. The van der Waals surface area contributed by atoms with Crippen LogP contribution in [0.4, 0.5) is 23.2 Å². The first-order chi connectivity index (χ1) is 12.3. The number of amides is 1. The molecule has 0 radical (unpaired) electrons. The smallest absolute Gasteiger partial charge is 0.253 e. The van der Waals surface area contributed by atoms with Crippen molar-refractivity contribution in [2.24, 2.45) is 0 Å². The molecule has 0 atom stereocenters. The molecule has 0 saturated carbocycles. The van der Waals surface area contributed by atoms with Gasteiger partial charge in [0.2, 0.25) is 0 Å². The average molecular weight is 407 g/mol. The molecule has 1 amide bonds. The molecule has 0 aliphatic carbocycles. The topological polar surface area (TPSA) is 23.6 Å². The van der Waals surface area contributed by atoms with Crippen LogP contribution in [0.5, 0.6) is 0 Å². The maximum Gasteiger partial charge on any atom is 0.253 e. The highest BCUT2D eigenvalue weighted by Crippen LogP contribution is 2.34. The second-order valence-electron chi connectivity index (χ2n) is 5.70. The third kappa shape index (κ3) is 3.33. The highest BCUT2D eigenvalue weighted by Gasteiger charge is 2.31. The second kappa shape index (κ2) is 7.32. The number of piperazine rings is 1. The predicted octanol–water partition coefficient (Wildman–Crippen LogP) is 4.51. The number of nitrogens with zero attached hydrogens (tertiary/aromatic N) is 2. The zero-order valence-corrected chi connectivity index (χ0v) is 14.7. The van der Waals surface area contributed by atoms with Crippen molar-refractivity contribution in [3.05, 3.63) is 63.1 Å². The fourth-order valence-corrected chi connectivity index (χ4v) is 3.07. The lowest BCUT2D eigenvalue weighted by atomic mass is 10.1. The number of halogens is 6. The molecule has 1 aliphatic rings. The summed E-state index contributed by atoms with van der Waals surface area (Å²) in [6, 6.07) is 6.30. The van der Waals surface area contributed by atoms with Crippen LogP contribution < -0.4 is 4.90 Å². The van der Waals surface area contributed by atoms with E-state index in [1.54, 1.807) is 24.3 Å². The number of carbonyl (C=O) groups is 1. The van der Waals surface area contributed by atoms with Gasteiger partial charge in [0.05, 0.1) is 0 Å². The van der Waals surface area contributed by atoms with Gasteiger partial charge in [-0.15, -0.1) is 0 Å². The van der Waals surface area contributed by atoms with E-state index < -0.39 is 34.0 Å². The minimum absolute atomic E-state index is 0.00762. The molecule has 2 aromatic rings. The largest absolute Gasteiger partial charge is 0.363 e. The molecular formula is C17H12Cl2F4N2O. The molecule has 1 aliphatic heterocycles. The lowest BCUT2D eigenvalue weighted by molar-refractivity contribution is 0.0746. The Morgan fingerprint density at radius 1 is 0.808 bits per heavy atom. The molecule has 0 spiro atoms. The van der Waals surface area contributed by atoms with Crippen LogP contribution in [0, 0.1) is 23.3 Å². The Bertz CT molecular complexity index is 824. The molecular weight excluding hydrogens is 395 g/mol. The van der Waals surface area contributed by atoms with Crippen LogP contribution >= 0.6 is 23.2 Å². The third-order valence-electron chi connectivity index (χ3n) is 4.16. The molecule has 3 rings (SSSR count). The molecule has 0 N–H and O–H groups in total. The van der Waals surface area contributed by atoms with Crippen molar-refractivity contribution in [1.82, 2.24) is 4.90 Å². The zero-order valence-electron chi connectivity index (χ0n) is 13.2. The van der Waals surface area contributed by atoms with Crippen molar-refractivity contribution < 1.29 is 22.4 Å². The van der Waals surface area contributed by atoms with Crippen LogP contribution in [-0.2, 0) is 0 Å². The van der Waals surface area contributed by atoms with E-state index in [1.165, 1.54) is 4.90 Å². The van der Waals surface area contributed by atoms with E-state index in [9.17, 15) is 22.4 Å². The SMILES string of the molecule is O=C(c1ccc(Cl)cc1)N1CCN(c2c(F)c(F)c(Cl)c(F)c2F)CC1. The normalized spacial score (nSPS) is 14.7. The van der Waals surface area contributed by atoms with Gasteiger partial charge in [-0.05, 0) is 24.3 Å². The van der Waals surface area contributed by atoms with Crippen molar-refractivity contribution in [3.63, 3.8) is 0 Å². The Morgan fingerprint density at radius 3 is 1.81 bits per heavy atom. The summed E-state index contributed by atoms with van der Waals surface area (Å²) in [6.07, 6.45) is 0. The van der Waals surface area contributed by atoms with E-state index in [0.29, 0.717) is 10.6 Å². The molecule has 138 valence electrons. The summed E-state index contributed by atoms with van der Waals surface area (Å²) >= 11 is 11.0. The minimum Gasteiger partial charge on any atom is -0.363 e. The van der Waals surface area contributed by atoms with Crippen LogP contribution in [0.3, 0.4) is 0 Å². The summed E-state index contributed by atoms with van der Waals surface area (Å²) in [7, 11) is 0. The van der Waals surface area contributed by atoms with Crippen LogP contribution in [0.1, 0.15) is 10.4 Å². The lowest BCUT2D eigenvalue weighted by Gasteiger charge is -2.36. The Labute approximate surface area is 156 Å². The molecule has 1 saturated heterocycles. The number of carbonyl (C=O) groups excluding carboxylic acids is 1. The summed E-state index contributed by atoms with van der Waals surface area (Å²) in [4.78, 5) is 15.1. The van der Waals surface area contributed by atoms with Gasteiger partial charge in [-0.2, -0.15) is 0 Å². The Hall–Kier alpha value is -1.99. The number of hydrogen-bond acceptors (Lipinski definition) is 2. The fraction of sp³-hybridized carbons (Fsp3) is 0.235. The number of rotatable bonds is 2.